The largest absolute Gasteiger partial charge is 0.494 e. The SMILES string of the molecule is COc1cccc(Oc2ccc(-c3nc(C4CCC(CO)OC4)n4ccnc(N)c34)c(F)c2)c1F. The van der Waals surface area contributed by atoms with E-state index in [1.54, 1.807) is 22.9 Å². The van der Waals surface area contributed by atoms with E-state index in [0.29, 0.717) is 30.1 Å². The molecule has 0 bridgehead atoms. The van der Waals surface area contributed by atoms with E-state index in [1.165, 1.54) is 37.4 Å². The average molecular weight is 482 g/mol. The molecule has 1 aliphatic heterocycles. The Morgan fingerprint density at radius 2 is 2.03 bits per heavy atom. The Bertz CT molecular complexity index is 1370. The van der Waals surface area contributed by atoms with E-state index in [-0.39, 0.29) is 47.3 Å². The van der Waals surface area contributed by atoms with Gasteiger partial charge in [0.15, 0.2) is 11.5 Å². The van der Waals surface area contributed by atoms with Crippen LogP contribution in [0, 0.1) is 11.6 Å². The molecular weight excluding hydrogens is 458 g/mol. The quantitative estimate of drug-likeness (QED) is 0.422. The third-order valence-corrected chi connectivity index (χ3v) is 6.12. The van der Waals surface area contributed by atoms with Crippen molar-refractivity contribution in [1.29, 1.82) is 0 Å². The number of halogens is 2. The number of imidazole rings is 1. The zero-order chi connectivity index (χ0) is 24.5. The van der Waals surface area contributed by atoms with Crippen molar-refractivity contribution in [3.05, 3.63) is 66.3 Å². The van der Waals surface area contributed by atoms with Crippen LogP contribution >= 0.6 is 0 Å². The molecule has 10 heteroatoms. The molecule has 1 saturated heterocycles. The van der Waals surface area contributed by atoms with E-state index < -0.39 is 11.6 Å². The van der Waals surface area contributed by atoms with Gasteiger partial charge in [0.2, 0.25) is 5.82 Å². The van der Waals surface area contributed by atoms with E-state index in [2.05, 4.69) is 4.98 Å². The van der Waals surface area contributed by atoms with Crippen LogP contribution in [0.5, 0.6) is 17.2 Å². The number of aromatic nitrogens is 3. The molecule has 4 aromatic rings. The molecule has 35 heavy (non-hydrogen) atoms. The highest BCUT2D eigenvalue weighted by Gasteiger charge is 2.28. The van der Waals surface area contributed by atoms with Crippen LogP contribution in [-0.2, 0) is 4.74 Å². The normalized spacial score (nSPS) is 18.1. The zero-order valence-electron chi connectivity index (χ0n) is 18.9. The average Bonchev–Trinajstić information content (AvgIpc) is 3.26. The van der Waals surface area contributed by atoms with Gasteiger partial charge in [-0.05, 0) is 37.1 Å². The van der Waals surface area contributed by atoms with Gasteiger partial charge in [0, 0.05) is 29.9 Å². The molecule has 8 nitrogen and oxygen atoms in total. The lowest BCUT2D eigenvalue weighted by atomic mass is 9.98. The Balaban J connectivity index is 1.51. The van der Waals surface area contributed by atoms with Crippen LogP contribution in [0.25, 0.3) is 16.8 Å². The molecule has 2 aromatic carbocycles. The fraction of sp³-hybridized carbons (Fsp3) is 0.280. The predicted molar refractivity (Wildman–Crippen MR) is 125 cm³/mol. The number of hydrogen-bond donors (Lipinski definition) is 2. The Morgan fingerprint density at radius 1 is 1.20 bits per heavy atom. The van der Waals surface area contributed by atoms with E-state index in [0.717, 1.165) is 6.42 Å². The fourth-order valence-electron chi connectivity index (χ4n) is 4.32. The molecule has 0 amide bonds. The fourth-order valence-corrected chi connectivity index (χ4v) is 4.32. The molecule has 1 aliphatic rings. The van der Waals surface area contributed by atoms with E-state index in [4.69, 9.17) is 24.9 Å². The standard InChI is InChI=1S/C25H24F2N4O4/c1-33-19-3-2-4-20(21(19)27)35-15-7-8-17(18(26)11-15)22-23-24(28)29-9-10-31(23)25(30-22)14-5-6-16(12-32)34-13-14/h2-4,7-11,14,16,32H,5-6,12-13H2,1H3,(H2,28,29). The maximum Gasteiger partial charge on any atom is 0.207 e. The lowest BCUT2D eigenvalue weighted by Crippen LogP contribution is -2.28. The van der Waals surface area contributed by atoms with Gasteiger partial charge < -0.3 is 25.1 Å². The number of aliphatic hydroxyl groups excluding tert-OH is 1. The summed E-state index contributed by atoms with van der Waals surface area (Å²) in [6.45, 7) is 0.351. The summed E-state index contributed by atoms with van der Waals surface area (Å²) in [4.78, 5) is 8.91. The summed E-state index contributed by atoms with van der Waals surface area (Å²) in [6.07, 6.45) is 4.55. The molecule has 2 unspecified atom stereocenters. The molecule has 5 rings (SSSR count). The van der Waals surface area contributed by atoms with Crippen molar-refractivity contribution in [1.82, 2.24) is 14.4 Å². The van der Waals surface area contributed by atoms with E-state index >= 15 is 4.39 Å². The van der Waals surface area contributed by atoms with Crippen LogP contribution in [0.3, 0.4) is 0 Å². The molecule has 2 atom stereocenters. The molecule has 0 spiro atoms. The highest BCUT2D eigenvalue weighted by Crippen LogP contribution is 2.37. The van der Waals surface area contributed by atoms with Crippen LogP contribution in [0.1, 0.15) is 24.6 Å². The Morgan fingerprint density at radius 3 is 2.74 bits per heavy atom. The van der Waals surface area contributed by atoms with Crippen molar-refractivity contribution < 1.29 is 28.1 Å². The molecule has 3 N–H and O–H groups in total. The maximum absolute atomic E-state index is 15.3. The minimum Gasteiger partial charge on any atom is -0.494 e. The van der Waals surface area contributed by atoms with Crippen LogP contribution < -0.4 is 15.2 Å². The van der Waals surface area contributed by atoms with Gasteiger partial charge in [-0.2, -0.15) is 4.39 Å². The van der Waals surface area contributed by atoms with Crippen LogP contribution in [0.15, 0.2) is 48.8 Å². The van der Waals surface area contributed by atoms with Crippen LogP contribution in [0.4, 0.5) is 14.6 Å². The van der Waals surface area contributed by atoms with E-state index in [9.17, 15) is 9.50 Å². The Hall–Kier alpha value is -3.76. The van der Waals surface area contributed by atoms with Crippen molar-refractivity contribution in [2.75, 3.05) is 26.1 Å². The van der Waals surface area contributed by atoms with Gasteiger partial charge >= 0.3 is 0 Å². The van der Waals surface area contributed by atoms with Crippen LogP contribution in [-0.4, -0.2) is 45.9 Å². The number of nitrogens with two attached hydrogens (primary N) is 1. The molecule has 2 aromatic heterocycles. The third-order valence-electron chi connectivity index (χ3n) is 6.12. The number of aliphatic hydroxyl groups is 1. The summed E-state index contributed by atoms with van der Waals surface area (Å²) in [6, 6.07) is 8.69. The Kier molecular flexibility index (Phi) is 6.23. The first kappa shape index (κ1) is 23.0. The summed E-state index contributed by atoms with van der Waals surface area (Å²) in [5, 5.41) is 9.35. The predicted octanol–water partition coefficient (Wildman–Crippen LogP) is 4.31. The Labute approximate surface area is 199 Å². The number of nitrogen functional groups attached to an aromatic ring is 1. The molecular formula is C25H24F2N4O4. The van der Waals surface area contributed by atoms with Gasteiger partial charge in [-0.25, -0.2) is 14.4 Å². The minimum atomic E-state index is -0.679. The highest BCUT2D eigenvalue weighted by atomic mass is 19.1. The third kappa shape index (κ3) is 4.26. The second kappa shape index (κ2) is 9.47. The van der Waals surface area contributed by atoms with Crippen molar-refractivity contribution in [2.24, 2.45) is 0 Å². The summed E-state index contributed by atoms with van der Waals surface area (Å²) < 4.78 is 47.8. The molecule has 182 valence electrons. The summed E-state index contributed by atoms with van der Waals surface area (Å²) in [5.41, 5.74) is 7.20. The number of anilines is 1. The molecule has 0 radical (unpaired) electrons. The second-order valence-electron chi connectivity index (χ2n) is 8.28. The first-order valence-electron chi connectivity index (χ1n) is 11.1. The summed E-state index contributed by atoms with van der Waals surface area (Å²) in [5.74, 6) is -0.397. The van der Waals surface area contributed by atoms with Gasteiger partial charge in [-0.1, -0.05) is 6.07 Å². The van der Waals surface area contributed by atoms with Gasteiger partial charge in [0.25, 0.3) is 0 Å². The summed E-state index contributed by atoms with van der Waals surface area (Å²) in [7, 11) is 1.35. The van der Waals surface area contributed by atoms with Gasteiger partial charge in [0.05, 0.1) is 26.4 Å². The van der Waals surface area contributed by atoms with Gasteiger partial charge in [-0.15, -0.1) is 0 Å². The topological polar surface area (TPSA) is 104 Å². The molecule has 3 heterocycles. The molecule has 0 saturated carbocycles. The number of fused-ring (bicyclic) bond motifs is 1. The lowest BCUT2D eigenvalue weighted by molar-refractivity contribution is -0.0282. The van der Waals surface area contributed by atoms with Crippen molar-refractivity contribution in [3.63, 3.8) is 0 Å². The second-order valence-corrected chi connectivity index (χ2v) is 8.28. The number of benzene rings is 2. The monoisotopic (exact) mass is 482 g/mol. The first-order valence-corrected chi connectivity index (χ1v) is 11.1. The summed E-state index contributed by atoms with van der Waals surface area (Å²) >= 11 is 0. The van der Waals surface area contributed by atoms with E-state index in [1.807, 2.05) is 0 Å². The number of methoxy groups -OCH3 is 1. The maximum atomic E-state index is 15.3. The first-order chi connectivity index (χ1) is 17.0. The zero-order valence-corrected chi connectivity index (χ0v) is 18.9. The van der Waals surface area contributed by atoms with Gasteiger partial charge in [-0.3, -0.25) is 4.40 Å². The van der Waals surface area contributed by atoms with Gasteiger partial charge in [0.1, 0.15) is 34.4 Å². The molecule has 1 fully saturated rings. The van der Waals surface area contributed by atoms with Crippen molar-refractivity contribution >= 4 is 11.3 Å². The van der Waals surface area contributed by atoms with Crippen LogP contribution in [0.2, 0.25) is 0 Å². The highest BCUT2D eigenvalue weighted by molar-refractivity contribution is 5.85. The lowest BCUT2D eigenvalue weighted by Gasteiger charge is -2.27. The van der Waals surface area contributed by atoms with Crippen molar-refractivity contribution in [3.8, 4) is 28.5 Å². The number of rotatable bonds is 6. The smallest absolute Gasteiger partial charge is 0.207 e. The minimum absolute atomic E-state index is 0.0246. The number of nitrogens with zero attached hydrogens (tertiary/aromatic N) is 3. The number of hydrogen-bond acceptors (Lipinski definition) is 7. The van der Waals surface area contributed by atoms with Crippen molar-refractivity contribution in [2.45, 2.75) is 24.9 Å². The number of ether oxygens (including phenoxy) is 3. The molecule has 0 aliphatic carbocycles.